The average Bonchev–Trinajstić information content (AvgIpc) is 2.70. The Kier molecular flexibility index (Phi) is 3.71. The summed E-state index contributed by atoms with van der Waals surface area (Å²) in [6, 6.07) is 2.00. The van der Waals surface area contributed by atoms with E-state index in [-0.39, 0.29) is 5.56 Å². The van der Waals surface area contributed by atoms with Gasteiger partial charge in [0.05, 0.1) is 5.56 Å². The van der Waals surface area contributed by atoms with Gasteiger partial charge in [-0.3, -0.25) is 15.0 Å². The van der Waals surface area contributed by atoms with Crippen LogP contribution in [0.5, 0.6) is 0 Å². The van der Waals surface area contributed by atoms with Crippen molar-refractivity contribution in [1.29, 1.82) is 0 Å². The van der Waals surface area contributed by atoms with Gasteiger partial charge in [0.25, 0.3) is 5.56 Å². The topological polar surface area (TPSA) is 66.5 Å². The summed E-state index contributed by atoms with van der Waals surface area (Å²) >= 11 is 4.94. The zero-order valence-electron chi connectivity index (χ0n) is 11.6. The molecule has 0 aliphatic carbocycles. The van der Waals surface area contributed by atoms with E-state index in [9.17, 15) is 4.79 Å². The highest BCUT2D eigenvalue weighted by Crippen LogP contribution is 2.16. The van der Waals surface area contributed by atoms with Gasteiger partial charge in [-0.2, -0.15) is 4.98 Å². The molecule has 0 bridgehead atoms. The summed E-state index contributed by atoms with van der Waals surface area (Å²) < 4.78 is 2.14. The third-order valence-electron chi connectivity index (χ3n) is 2.99. The number of aryl methyl sites for hydroxylation is 2. The highest BCUT2D eigenvalue weighted by atomic mass is 32.1. The molecule has 102 valence electrons. The lowest BCUT2D eigenvalue weighted by molar-refractivity contribution is 0.502. The van der Waals surface area contributed by atoms with E-state index in [1.165, 1.54) is 0 Å². The lowest BCUT2D eigenvalue weighted by Crippen LogP contribution is -2.27. The normalized spacial score (nSPS) is 11.2. The number of aromatic amines is 2. The second kappa shape index (κ2) is 5.13. The maximum Gasteiger partial charge on any atom is 0.262 e. The molecule has 0 saturated carbocycles. The van der Waals surface area contributed by atoms with E-state index in [0.29, 0.717) is 28.6 Å². The van der Waals surface area contributed by atoms with Crippen molar-refractivity contribution in [2.24, 2.45) is 5.92 Å². The maximum atomic E-state index is 12.6. The first-order valence-corrected chi connectivity index (χ1v) is 6.67. The Bertz CT molecular complexity index is 708. The monoisotopic (exact) mass is 278 g/mol. The van der Waals surface area contributed by atoms with E-state index in [1.54, 1.807) is 4.57 Å². The van der Waals surface area contributed by atoms with Crippen LogP contribution in [-0.2, 0) is 6.54 Å². The summed E-state index contributed by atoms with van der Waals surface area (Å²) in [5, 5.41) is 5.58. The largest absolute Gasteiger partial charge is 0.312 e. The van der Waals surface area contributed by atoms with Gasteiger partial charge in [0.2, 0.25) is 4.77 Å². The Balaban J connectivity index is 2.68. The Morgan fingerprint density at radius 2 is 2.05 bits per heavy atom. The number of rotatable bonds is 3. The molecule has 0 unspecified atom stereocenters. The van der Waals surface area contributed by atoms with Crippen LogP contribution in [0.4, 0.5) is 0 Å². The highest BCUT2D eigenvalue weighted by molar-refractivity contribution is 7.71. The molecule has 6 heteroatoms. The summed E-state index contributed by atoms with van der Waals surface area (Å²) in [6.07, 6.45) is 0. The first kappa shape index (κ1) is 13.7. The number of aromatic nitrogens is 4. The van der Waals surface area contributed by atoms with Crippen molar-refractivity contribution >= 4 is 12.2 Å². The van der Waals surface area contributed by atoms with Crippen LogP contribution < -0.4 is 5.56 Å². The van der Waals surface area contributed by atoms with Crippen LogP contribution >= 0.6 is 12.2 Å². The van der Waals surface area contributed by atoms with Gasteiger partial charge >= 0.3 is 0 Å². The lowest BCUT2D eigenvalue weighted by Gasteiger charge is -2.15. The maximum absolute atomic E-state index is 12.6. The van der Waals surface area contributed by atoms with Crippen molar-refractivity contribution in [2.75, 3.05) is 0 Å². The van der Waals surface area contributed by atoms with Gasteiger partial charge in [0.1, 0.15) is 0 Å². The third kappa shape index (κ3) is 2.68. The second-order valence-corrected chi connectivity index (χ2v) is 5.56. The van der Waals surface area contributed by atoms with Crippen molar-refractivity contribution in [2.45, 2.75) is 34.2 Å². The van der Waals surface area contributed by atoms with E-state index >= 15 is 0 Å². The molecule has 0 radical (unpaired) electrons. The molecule has 0 atom stereocenters. The van der Waals surface area contributed by atoms with Crippen LogP contribution in [0, 0.1) is 24.5 Å². The zero-order valence-corrected chi connectivity index (χ0v) is 12.4. The predicted octanol–water partition coefficient (Wildman–Crippen LogP) is 2.57. The average molecular weight is 278 g/mol. The van der Waals surface area contributed by atoms with E-state index in [4.69, 9.17) is 12.2 Å². The fourth-order valence-corrected chi connectivity index (χ4v) is 2.34. The number of nitrogens with zero attached hydrogens (tertiary/aromatic N) is 2. The van der Waals surface area contributed by atoms with Crippen LogP contribution in [0.2, 0.25) is 0 Å². The molecule has 0 aromatic carbocycles. The van der Waals surface area contributed by atoms with E-state index in [2.05, 4.69) is 29.0 Å². The van der Waals surface area contributed by atoms with Crippen molar-refractivity contribution in [3.8, 4) is 11.4 Å². The smallest absolute Gasteiger partial charge is 0.262 e. The molecule has 19 heavy (non-hydrogen) atoms. The van der Waals surface area contributed by atoms with Crippen LogP contribution in [0.1, 0.15) is 25.1 Å². The molecule has 2 heterocycles. The molecule has 0 aliphatic rings. The SMILES string of the molecule is Cc1cc(C)n(CC(C)C)c(=O)c1-c1nc(=S)[nH][nH]1. The quantitative estimate of drug-likeness (QED) is 0.848. The number of hydrogen-bond acceptors (Lipinski definition) is 3. The number of H-pyrrole nitrogens is 2. The standard InChI is InChI=1S/C13H18N4OS/c1-7(2)6-17-9(4)5-8(3)10(12(17)18)11-14-13(19)16-15-11/h5,7H,6H2,1-4H3,(H2,14,15,16,19). The molecular formula is C13H18N4OS. The zero-order chi connectivity index (χ0) is 14.2. The Hall–Kier alpha value is -1.69. The third-order valence-corrected chi connectivity index (χ3v) is 3.18. The molecule has 0 fully saturated rings. The van der Waals surface area contributed by atoms with Gasteiger partial charge in [-0.15, -0.1) is 0 Å². The molecular weight excluding hydrogens is 260 g/mol. The Morgan fingerprint density at radius 1 is 1.37 bits per heavy atom. The predicted molar refractivity (Wildman–Crippen MR) is 77.8 cm³/mol. The second-order valence-electron chi connectivity index (χ2n) is 5.17. The molecule has 0 saturated heterocycles. The first-order valence-electron chi connectivity index (χ1n) is 6.26. The lowest BCUT2D eigenvalue weighted by atomic mass is 10.1. The fourth-order valence-electron chi connectivity index (χ4n) is 2.20. The highest BCUT2D eigenvalue weighted by Gasteiger charge is 2.15. The first-order chi connectivity index (χ1) is 8.90. The minimum absolute atomic E-state index is 0.0241. The minimum Gasteiger partial charge on any atom is -0.312 e. The number of hydrogen-bond donors (Lipinski definition) is 2. The molecule has 0 aliphatic heterocycles. The van der Waals surface area contributed by atoms with Gasteiger partial charge in [-0.25, -0.2) is 0 Å². The van der Waals surface area contributed by atoms with Crippen LogP contribution in [0.25, 0.3) is 11.4 Å². The van der Waals surface area contributed by atoms with Crippen molar-refractivity contribution in [3.63, 3.8) is 0 Å². The molecule has 5 nitrogen and oxygen atoms in total. The van der Waals surface area contributed by atoms with Crippen molar-refractivity contribution in [1.82, 2.24) is 19.7 Å². The summed E-state index contributed by atoms with van der Waals surface area (Å²) in [4.78, 5) is 16.8. The molecule has 2 aromatic rings. The van der Waals surface area contributed by atoms with Gasteiger partial charge in [0, 0.05) is 12.2 Å². The van der Waals surface area contributed by atoms with Crippen LogP contribution in [-0.4, -0.2) is 19.7 Å². The summed E-state index contributed by atoms with van der Waals surface area (Å²) in [7, 11) is 0. The van der Waals surface area contributed by atoms with Crippen LogP contribution in [0.3, 0.4) is 0 Å². The summed E-state index contributed by atoms with van der Waals surface area (Å²) in [5.41, 5.74) is 2.43. The van der Waals surface area contributed by atoms with Crippen molar-refractivity contribution in [3.05, 3.63) is 32.4 Å². The molecule has 2 N–H and O–H groups in total. The van der Waals surface area contributed by atoms with Gasteiger partial charge in [-0.05, 0) is 43.6 Å². The van der Waals surface area contributed by atoms with Crippen LogP contribution in [0.15, 0.2) is 10.9 Å². The Labute approximate surface area is 116 Å². The van der Waals surface area contributed by atoms with Gasteiger partial charge in [-0.1, -0.05) is 13.8 Å². The number of pyridine rings is 1. The summed E-state index contributed by atoms with van der Waals surface area (Å²) in [5.74, 6) is 0.912. The van der Waals surface area contributed by atoms with Gasteiger partial charge < -0.3 is 4.57 Å². The van der Waals surface area contributed by atoms with E-state index in [0.717, 1.165) is 11.3 Å². The van der Waals surface area contributed by atoms with Crippen molar-refractivity contribution < 1.29 is 0 Å². The Morgan fingerprint density at radius 3 is 2.58 bits per heavy atom. The van der Waals surface area contributed by atoms with E-state index in [1.807, 2.05) is 19.9 Å². The number of nitrogens with one attached hydrogen (secondary N) is 2. The minimum atomic E-state index is -0.0241. The molecule has 2 aromatic heterocycles. The summed E-state index contributed by atoms with van der Waals surface area (Å²) in [6.45, 7) is 8.74. The molecule has 0 amide bonds. The fraction of sp³-hybridized carbons (Fsp3) is 0.462. The van der Waals surface area contributed by atoms with Gasteiger partial charge in [0.15, 0.2) is 5.82 Å². The molecule has 0 spiro atoms. The molecule has 2 rings (SSSR count). The van der Waals surface area contributed by atoms with E-state index < -0.39 is 0 Å².